The minimum atomic E-state index is 0.0333. The van der Waals surface area contributed by atoms with Crippen LogP contribution in [-0.4, -0.2) is 23.2 Å². The van der Waals surface area contributed by atoms with Crippen molar-refractivity contribution in [2.45, 2.75) is 39.0 Å². The minimum absolute atomic E-state index is 0.0333. The Labute approximate surface area is 108 Å². The molecule has 0 atom stereocenters. The molecule has 0 aromatic carbocycles. The molecular weight excluding hydrogens is 228 g/mol. The monoisotopic (exact) mass is 248 g/mol. The van der Waals surface area contributed by atoms with Crippen molar-refractivity contribution >= 4 is 11.7 Å². The Morgan fingerprint density at radius 3 is 2.56 bits per heavy atom. The van der Waals surface area contributed by atoms with Crippen molar-refractivity contribution in [2.24, 2.45) is 0 Å². The molecular formula is C14H20N2O2. The molecule has 98 valence electrons. The van der Waals surface area contributed by atoms with Gasteiger partial charge < -0.3 is 10.1 Å². The number of Topliss-reactive ketones (excluding diaryl/α,β-unsaturated/α-hetero) is 1. The van der Waals surface area contributed by atoms with Crippen molar-refractivity contribution in [3.8, 4) is 0 Å². The van der Waals surface area contributed by atoms with Crippen molar-refractivity contribution in [3.63, 3.8) is 0 Å². The molecule has 0 bridgehead atoms. The molecule has 0 aliphatic heterocycles. The van der Waals surface area contributed by atoms with Crippen LogP contribution in [-0.2, 0) is 16.0 Å². The number of nitrogens with one attached hydrogen (secondary N) is 1. The van der Waals surface area contributed by atoms with Gasteiger partial charge in [-0.15, -0.1) is 0 Å². The van der Waals surface area contributed by atoms with Crippen LogP contribution in [0.25, 0.3) is 0 Å². The number of hydrogen-bond donors (Lipinski definition) is 1. The van der Waals surface area contributed by atoms with Gasteiger partial charge in [0.2, 0.25) is 5.91 Å². The number of hydrogen-bond acceptors (Lipinski definition) is 3. The SMILES string of the molecule is CC(=O)CCCC(=O)NCCCc1ccncc1. The van der Waals surface area contributed by atoms with Gasteiger partial charge in [-0.25, -0.2) is 0 Å². The molecule has 4 heteroatoms. The summed E-state index contributed by atoms with van der Waals surface area (Å²) < 4.78 is 0. The Morgan fingerprint density at radius 2 is 1.89 bits per heavy atom. The van der Waals surface area contributed by atoms with Gasteiger partial charge in [0.25, 0.3) is 0 Å². The zero-order valence-corrected chi connectivity index (χ0v) is 10.8. The molecule has 1 rings (SSSR count). The van der Waals surface area contributed by atoms with Gasteiger partial charge in [0, 0.05) is 31.8 Å². The van der Waals surface area contributed by atoms with E-state index in [1.807, 2.05) is 12.1 Å². The number of carbonyl (C=O) groups excluding carboxylic acids is 2. The third-order valence-corrected chi connectivity index (χ3v) is 2.65. The lowest BCUT2D eigenvalue weighted by Gasteiger charge is -2.04. The van der Waals surface area contributed by atoms with Crippen molar-refractivity contribution in [2.75, 3.05) is 6.54 Å². The number of aromatic nitrogens is 1. The second-order valence-electron chi connectivity index (χ2n) is 4.36. The first-order valence-electron chi connectivity index (χ1n) is 6.33. The van der Waals surface area contributed by atoms with Crippen LogP contribution in [0.15, 0.2) is 24.5 Å². The fraction of sp³-hybridized carbons (Fsp3) is 0.500. The molecule has 0 aliphatic carbocycles. The predicted molar refractivity (Wildman–Crippen MR) is 70.1 cm³/mol. The van der Waals surface area contributed by atoms with Crippen LogP contribution in [0.4, 0.5) is 0 Å². The predicted octanol–water partition coefficient (Wildman–Crippen LogP) is 1.89. The van der Waals surface area contributed by atoms with Crippen molar-refractivity contribution in [1.29, 1.82) is 0 Å². The van der Waals surface area contributed by atoms with E-state index in [1.54, 1.807) is 19.3 Å². The maximum Gasteiger partial charge on any atom is 0.220 e. The van der Waals surface area contributed by atoms with E-state index in [0.29, 0.717) is 25.8 Å². The van der Waals surface area contributed by atoms with E-state index in [0.717, 1.165) is 12.8 Å². The fourth-order valence-electron chi connectivity index (χ4n) is 1.66. The zero-order valence-electron chi connectivity index (χ0n) is 10.8. The molecule has 1 heterocycles. The number of ketones is 1. The van der Waals surface area contributed by atoms with Gasteiger partial charge >= 0.3 is 0 Å². The standard InChI is InChI=1S/C14H20N2O2/c1-12(17)4-2-6-14(18)16-9-3-5-13-7-10-15-11-8-13/h7-8,10-11H,2-6,9H2,1H3,(H,16,18). The van der Waals surface area contributed by atoms with E-state index < -0.39 is 0 Å². The molecule has 1 aromatic rings. The lowest BCUT2D eigenvalue weighted by atomic mass is 10.1. The molecule has 0 spiro atoms. The number of pyridine rings is 1. The highest BCUT2D eigenvalue weighted by Crippen LogP contribution is 2.00. The third kappa shape index (κ3) is 6.78. The van der Waals surface area contributed by atoms with E-state index in [9.17, 15) is 9.59 Å². The van der Waals surface area contributed by atoms with Gasteiger partial charge in [0.1, 0.15) is 5.78 Å². The molecule has 18 heavy (non-hydrogen) atoms. The molecule has 0 aliphatic rings. The zero-order chi connectivity index (χ0) is 13.2. The second kappa shape index (κ2) is 8.39. The van der Waals surface area contributed by atoms with Gasteiger partial charge in [-0.05, 0) is 43.9 Å². The number of rotatable bonds is 8. The normalized spacial score (nSPS) is 10.1. The van der Waals surface area contributed by atoms with E-state index in [4.69, 9.17) is 0 Å². The summed E-state index contributed by atoms with van der Waals surface area (Å²) in [5, 5.41) is 2.86. The number of amides is 1. The lowest BCUT2D eigenvalue weighted by molar-refractivity contribution is -0.121. The van der Waals surface area contributed by atoms with Gasteiger partial charge in [-0.2, -0.15) is 0 Å². The van der Waals surface area contributed by atoms with Gasteiger partial charge in [0.15, 0.2) is 0 Å². The fourth-order valence-corrected chi connectivity index (χ4v) is 1.66. The molecule has 0 fully saturated rings. The second-order valence-corrected chi connectivity index (χ2v) is 4.36. The van der Waals surface area contributed by atoms with Gasteiger partial charge in [0.05, 0.1) is 0 Å². The molecule has 4 nitrogen and oxygen atoms in total. The molecule has 0 saturated carbocycles. The first-order valence-corrected chi connectivity index (χ1v) is 6.33. The molecule has 0 saturated heterocycles. The molecule has 0 unspecified atom stereocenters. The van der Waals surface area contributed by atoms with E-state index in [1.165, 1.54) is 5.56 Å². The highest BCUT2D eigenvalue weighted by Gasteiger charge is 2.01. The maximum atomic E-state index is 11.4. The number of nitrogens with zero attached hydrogens (tertiary/aromatic N) is 1. The Hall–Kier alpha value is -1.71. The summed E-state index contributed by atoms with van der Waals surface area (Å²) in [7, 11) is 0. The smallest absolute Gasteiger partial charge is 0.220 e. The average molecular weight is 248 g/mol. The number of carbonyl (C=O) groups is 2. The van der Waals surface area contributed by atoms with Crippen LogP contribution in [0.2, 0.25) is 0 Å². The minimum Gasteiger partial charge on any atom is -0.356 e. The van der Waals surface area contributed by atoms with Crippen LogP contribution in [0.5, 0.6) is 0 Å². The Morgan fingerprint density at radius 1 is 1.17 bits per heavy atom. The van der Waals surface area contributed by atoms with Crippen LogP contribution >= 0.6 is 0 Å². The summed E-state index contributed by atoms with van der Waals surface area (Å²) >= 11 is 0. The molecule has 0 radical (unpaired) electrons. The molecule has 1 aromatic heterocycles. The Balaban J connectivity index is 2.04. The maximum absolute atomic E-state index is 11.4. The highest BCUT2D eigenvalue weighted by atomic mass is 16.1. The third-order valence-electron chi connectivity index (χ3n) is 2.65. The van der Waals surface area contributed by atoms with E-state index in [2.05, 4.69) is 10.3 Å². The summed E-state index contributed by atoms with van der Waals surface area (Å²) in [5.74, 6) is 0.173. The molecule has 1 N–H and O–H groups in total. The topological polar surface area (TPSA) is 59.1 Å². The summed E-state index contributed by atoms with van der Waals surface area (Å²) in [5.41, 5.74) is 1.23. The first-order chi connectivity index (χ1) is 8.68. The van der Waals surface area contributed by atoms with Gasteiger partial charge in [-0.1, -0.05) is 0 Å². The largest absolute Gasteiger partial charge is 0.356 e. The van der Waals surface area contributed by atoms with E-state index >= 15 is 0 Å². The van der Waals surface area contributed by atoms with Crippen LogP contribution in [0.1, 0.15) is 38.2 Å². The molecule has 1 amide bonds. The first kappa shape index (κ1) is 14.4. The van der Waals surface area contributed by atoms with Crippen LogP contribution in [0.3, 0.4) is 0 Å². The highest BCUT2D eigenvalue weighted by molar-refractivity contribution is 5.78. The quantitative estimate of drug-likeness (QED) is 0.715. The Bertz CT molecular complexity index is 377. The summed E-state index contributed by atoms with van der Waals surface area (Å²) in [4.78, 5) is 26.1. The van der Waals surface area contributed by atoms with E-state index in [-0.39, 0.29) is 11.7 Å². The van der Waals surface area contributed by atoms with Crippen LogP contribution in [0, 0.1) is 0 Å². The Kier molecular flexibility index (Phi) is 6.69. The average Bonchev–Trinajstić information content (AvgIpc) is 2.35. The van der Waals surface area contributed by atoms with Gasteiger partial charge in [-0.3, -0.25) is 9.78 Å². The summed E-state index contributed by atoms with van der Waals surface area (Å²) in [6.07, 6.45) is 6.98. The van der Waals surface area contributed by atoms with Crippen LogP contribution < -0.4 is 5.32 Å². The summed E-state index contributed by atoms with van der Waals surface area (Å²) in [6, 6.07) is 3.96. The summed E-state index contributed by atoms with van der Waals surface area (Å²) in [6.45, 7) is 2.23. The van der Waals surface area contributed by atoms with Crippen molar-refractivity contribution < 1.29 is 9.59 Å². The van der Waals surface area contributed by atoms with Crippen molar-refractivity contribution in [3.05, 3.63) is 30.1 Å². The lowest BCUT2D eigenvalue weighted by Crippen LogP contribution is -2.24. The number of aryl methyl sites for hydroxylation is 1. The van der Waals surface area contributed by atoms with Crippen molar-refractivity contribution in [1.82, 2.24) is 10.3 Å².